The van der Waals surface area contributed by atoms with Gasteiger partial charge in [-0.2, -0.15) is 0 Å². The quantitative estimate of drug-likeness (QED) is 0.661. The maximum absolute atomic E-state index is 5.73. The highest BCUT2D eigenvalue weighted by Gasteiger charge is 2.13. The van der Waals surface area contributed by atoms with Crippen LogP contribution < -0.4 is 5.32 Å². The Morgan fingerprint density at radius 2 is 2.24 bits per heavy atom. The van der Waals surface area contributed by atoms with Gasteiger partial charge in [0.25, 0.3) is 0 Å². The van der Waals surface area contributed by atoms with Gasteiger partial charge in [0.2, 0.25) is 0 Å². The van der Waals surface area contributed by atoms with Gasteiger partial charge < -0.3 is 15.0 Å². The molecule has 1 aliphatic heterocycles. The largest absolute Gasteiger partial charge is 0.378 e. The summed E-state index contributed by atoms with van der Waals surface area (Å²) in [4.78, 5) is 2.35. The van der Waals surface area contributed by atoms with Crippen LogP contribution in [0.5, 0.6) is 0 Å². The van der Waals surface area contributed by atoms with E-state index in [2.05, 4.69) is 31.1 Å². The second kappa shape index (κ2) is 8.90. The van der Waals surface area contributed by atoms with Gasteiger partial charge in [-0.25, -0.2) is 0 Å². The van der Waals surface area contributed by atoms with Gasteiger partial charge in [0, 0.05) is 19.2 Å². The first-order chi connectivity index (χ1) is 8.22. The molecule has 0 radical (unpaired) electrons. The summed E-state index contributed by atoms with van der Waals surface area (Å²) in [6.45, 7) is 8.84. The van der Waals surface area contributed by atoms with Crippen molar-refractivity contribution in [1.29, 1.82) is 0 Å². The zero-order valence-corrected chi connectivity index (χ0v) is 11.9. The summed E-state index contributed by atoms with van der Waals surface area (Å²) in [5.41, 5.74) is 0. The van der Waals surface area contributed by atoms with E-state index in [0.29, 0.717) is 12.1 Å². The van der Waals surface area contributed by atoms with Crippen LogP contribution in [0.2, 0.25) is 0 Å². The fourth-order valence-corrected chi connectivity index (χ4v) is 2.37. The second-order valence-electron chi connectivity index (χ2n) is 5.34. The van der Waals surface area contributed by atoms with Crippen molar-refractivity contribution in [3.05, 3.63) is 0 Å². The normalized spacial score (nSPS) is 22.9. The Labute approximate surface area is 107 Å². The molecule has 2 atom stereocenters. The predicted octanol–water partition coefficient (Wildman–Crippen LogP) is 2.27. The average molecular weight is 242 g/mol. The Morgan fingerprint density at radius 1 is 1.41 bits per heavy atom. The van der Waals surface area contributed by atoms with Crippen molar-refractivity contribution in [2.45, 2.75) is 58.1 Å². The van der Waals surface area contributed by atoms with E-state index in [1.165, 1.54) is 32.1 Å². The molecule has 0 saturated carbocycles. The SMILES string of the molecule is CCN(C)CC(C)NCCCC1CCCCO1. The monoisotopic (exact) mass is 242 g/mol. The average Bonchev–Trinajstić information content (AvgIpc) is 2.36. The lowest BCUT2D eigenvalue weighted by molar-refractivity contribution is 0.0101. The van der Waals surface area contributed by atoms with Crippen molar-refractivity contribution < 1.29 is 4.74 Å². The Hall–Kier alpha value is -0.120. The van der Waals surface area contributed by atoms with Gasteiger partial charge >= 0.3 is 0 Å². The number of hydrogen-bond acceptors (Lipinski definition) is 3. The molecule has 1 N–H and O–H groups in total. The van der Waals surface area contributed by atoms with E-state index in [1.54, 1.807) is 0 Å². The first kappa shape index (κ1) is 14.9. The third-order valence-electron chi connectivity index (χ3n) is 3.60. The van der Waals surface area contributed by atoms with Crippen molar-refractivity contribution in [2.75, 3.05) is 33.3 Å². The molecule has 0 aromatic rings. The molecule has 102 valence electrons. The summed E-state index contributed by atoms with van der Waals surface area (Å²) >= 11 is 0. The van der Waals surface area contributed by atoms with Crippen LogP contribution in [0.25, 0.3) is 0 Å². The maximum Gasteiger partial charge on any atom is 0.0575 e. The molecule has 1 saturated heterocycles. The molecule has 0 aliphatic carbocycles. The highest BCUT2D eigenvalue weighted by Crippen LogP contribution is 2.16. The van der Waals surface area contributed by atoms with Crippen LogP contribution in [0.4, 0.5) is 0 Å². The number of likely N-dealkylation sites (N-methyl/N-ethyl adjacent to an activating group) is 1. The van der Waals surface area contributed by atoms with Crippen molar-refractivity contribution in [3.63, 3.8) is 0 Å². The Balaban J connectivity index is 1.95. The highest BCUT2D eigenvalue weighted by atomic mass is 16.5. The Morgan fingerprint density at radius 3 is 2.88 bits per heavy atom. The van der Waals surface area contributed by atoms with Crippen LogP contribution in [0.15, 0.2) is 0 Å². The van der Waals surface area contributed by atoms with Crippen molar-refractivity contribution in [3.8, 4) is 0 Å². The predicted molar refractivity (Wildman–Crippen MR) is 73.5 cm³/mol. The molecule has 3 nitrogen and oxygen atoms in total. The van der Waals surface area contributed by atoms with E-state index in [9.17, 15) is 0 Å². The highest BCUT2D eigenvalue weighted by molar-refractivity contribution is 4.67. The van der Waals surface area contributed by atoms with Crippen LogP contribution in [0.1, 0.15) is 46.0 Å². The number of hydrogen-bond donors (Lipinski definition) is 1. The number of rotatable bonds is 8. The molecule has 17 heavy (non-hydrogen) atoms. The summed E-state index contributed by atoms with van der Waals surface area (Å²) in [6.07, 6.45) is 6.90. The summed E-state index contributed by atoms with van der Waals surface area (Å²) in [5, 5.41) is 3.59. The van der Waals surface area contributed by atoms with E-state index >= 15 is 0 Å². The molecule has 1 rings (SSSR count). The molecule has 1 fully saturated rings. The minimum atomic E-state index is 0.541. The third kappa shape index (κ3) is 7.02. The van der Waals surface area contributed by atoms with Gasteiger partial charge in [-0.3, -0.25) is 0 Å². The van der Waals surface area contributed by atoms with Crippen LogP contribution in [-0.2, 0) is 4.74 Å². The summed E-state index contributed by atoms with van der Waals surface area (Å²) in [7, 11) is 2.17. The molecular weight excluding hydrogens is 212 g/mol. The van der Waals surface area contributed by atoms with E-state index in [0.717, 1.165) is 26.2 Å². The van der Waals surface area contributed by atoms with Gasteiger partial charge in [0.05, 0.1) is 6.10 Å². The Bertz CT molecular complexity index is 181. The van der Waals surface area contributed by atoms with Crippen LogP contribution in [0, 0.1) is 0 Å². The fraction of sp³-hybridized carbons (Fsp3) is 1.00. The smallest absolute Gasteiger partial charge is 0.0575 e. The topological polar surface area (TPSA) is 24.5 Å². The molecule has 0 spiro atoms. The molecule has 3 heteroatoms. The van der Waals surface area contributed by atoms with Crippen LogP contribution in [-0.4, -0.2) is 50.3 Å². The number of ether oxygens (including phenoxy) is 1. The third-order valence-corrected chi connectivity index (χ3v) is 3.60. The standard InChI is InChI=1S/C14H30N2O/c1-4-16(3)12-13(2)15-10-7-9-14-8-5-6-11-17-14/h13-15H,4-12H2,1-3H3. The molecule has 0 aromatic heterocycles. The Kier molecular flexibility index (Phi) is 7.82. The van der Waals surface area contributed by atoms with Gasteiger partial charge in [0.1, 0.15) is 0 Å². The summed E-state index contributed by atoms with van der Waals surface area (Å²) < 4.78 is 5.73. The number of nitrogens with zero attached hydrogens (tertiary/aromatic N) is 1. The van der Waals surface area contributed by atoms with E-state index in [-0.39, 0.29) is 0 Å². The zero-order valence-electron chi connectivity index (χ0n) is 11.9. The van der Waals surface area contributed by atoms with Gasteiger partial charge in [0.15, 0.2) is 0 Å². The molecule has 1 heterocycles. The second-order valence-corrected chi connectivity index (χ2v) is 5.34. The van der Waals surface area contributed by atoms with Gasteiger partial charge in [-0.15, -0.1) is 0 Å². The first-order valence-corrected chi connectivity index (χ1v) is 7.26. The minimum Gasteiger partial charge on any atom is -0.378 e. The molecule has 0 aromatic carbocycles. The maximum atomic E-state index is 5.73. The van der Waals surface area contributed by atoms with Gasteiger partial charge in [-0.1, -0.05) is 6.92 Å². The van der Waals surface area contributed by atoms with E-state index < -0.39 is 0 Å². The molecule has 0 bridgehead atoms. The van der Waals surface area contributed by atoms with Crippen LogP contribution >= 0.6 is 0 Å². The first-order valence-electron chi connectivity index (χ1n) is 7.26. The zero-order chi connectivity index (χ0) is 12.5. The lowest BCUT2D eigenvalue weighted by Gasteiger charge is -2.23. The lowest BCUT2D eigenvalue weighted by Crippen LogP contribution is -2.38. The van der Waals surface area contributed by atoms with Gasteiger partial charge in [-0.05, 0) is 59.2 Å². The van der Waals surface area contributed by atoms with E-state index in [4.69, 9.17) is 4.74 Å². The number of nitrogens with one attached hydrogen (secondary N) is 1. The van der Waals surface area contributed by atoms with Crippen molar-refractivity contribution >= 4 is 0 Å². The lowest BCUT2D eigenvalue weighted by atomic mass is 10.0. The molecule has 2 unspecified atom stereocenters. The van der Waals surface area contributed by atoms with Crippen LogP contribution in [0.3, 0.4) is 0 Å². The summed E-state index contributed by atoms with van der Waals surface area (Å²) in [5.74, 6) is 0. The molecule has 1 aliphatic rings. The minimum absolute atomic E-state index is 0.541. The fourth-order valence-electron chi connectivity index (χ4n) is 2.37. The molecular formula is C14H30N2O. The van der Waals surface area contributed by atoms with Crippen molar-refractivity contribution in [2.24, 2.45) is 0 Å². The van der Waals surface area contributed by atoms with Crippen molar-refractivity contribution in [1.82, 2.24) is 10.2 Å². The summed E-state index contributed by atoms with van der Waals surface area (Å²) in [6, 6.07) is 0.590. The van der Waals surface area contributed by atoms with E-state index in [1.807, 2.05) is 0 Å². The molecule has 0 amide bonds.